The van der Waals surface area contributed by atoms with E-state index in [1.807, 2.05) is 0 Å². The van der Waals surface area contributed by atoms with Crippen molar-refractivity contribution in [2.75, 3.05) is 0 Å². The van der Waals surface area contributed by atoms with E-state index in [2.05, 4.69) is 20.9 Å². The fourth-order valence-electron chi connectivity index (χ4n) is 0.703. The van der Waals surface area contributed by atoms with E-state index in [1.54, 1.807) is 23.2 Å². The lowest BCUT2D eigenvalue weighted by atomic mass is 10.9. The molecule has 0 saturated carbocycles. The number of oxazole rings is 1. The van der Waals surface area contributed by atoms with Crippen molar-refractivity contribution in [1.29, 1.82) is 0 Å². The maximum atomic E-state index is 5.04. The van der Waals surface area contributed by atoms with Crippen LogP contribution in [0.25, 0.3) is 5.71 Å². The van der Waals surface area contributed by atoms with Crippen LogP contribution in [0.4, 0.5) is 0 Å². The Bertz CT molecular complexity index is 324. The highest BCUT2D eigenvalue weighted by atomic mass is 79.9. The van der Waals surface area contributed by atoms with Gasteiger partial charge in [-0.3, -0.25) is 4.40 Å². The largest absolute Gasteiger partial charge is 0.444 e. The molecule has 2 aromatic rings. The molecule has 0 fully saturated rings. The molecule has 0 aliphatic rings. The molecule has 0 N–H and O–H groups in total. The molecule has 0 aromatic carbocycles. The molecule has 4 heteroatoms. The fraction of sp³-hybridized carbons (Fsp3) is 0. The van der Waals surface area contributed by atoms with Crippen LogP contribution >= 0.6 is 15.9 Å². The Balaban J connectivity index is 2.99. The molecular formula is C5H3BrN2O. The molecule has 3 nitrogen and oxygen atoms in total. The molecule has 0 atom stereocenters. The molecule has 46 valence electrons. The maximum Gasteiger partial charge on any atom is 0.238 e. The van der Waals surface area contributed by atoms with Gasteiger partial charge in [-0.1, -0.05) is 0 Å². The summed E-state index contributed by atoms with van der Waals surface area (Å²) >= 11 is 3.22. The highest BCUT2D eigenvalue weighted by Crippen LogP contribution is 2.15. The minimum Gasteiger partial charge on any atom is -0.444 e. The molecule has 0 bridgehead atoms. The minimum absolute atomic E-state index is 0.743. The van der Waals surface area contributed by atoms with Gasteiger partial charge in [-0.15, -0.1) is 0 Å². The summed E-state index contributed by atoms with van der Waals surface area (Å²) in [5, 5.41) is 0. The summed E-state index contributed by atoms with van der Waals surface area (Å²) in [6.07, 6.45) is 5.10. The SMILES string of the molecule is Brc1ncn2ccoc12. The van der Waals surface area contributed by atoms with Gasteiger partial charge in [0.1, 0.15) is 12.6 Å². The van der Waals surface area contributed by atoms with Crippen molar-refractivity contribution in [1.82, 2.24) is 9.38 Å². The van der Waals surface area contributed by atoms with E-state index in [-0.39, 0.29) is 0 Å². The molecule has 0 aliphatic carbocycles. The van der Waals surface area contributed by atoms with E-state index >= 15 is 0 Å². The van der Waals surface area contributed by atoms with Gasteiger partial charge in [0.2, 0.25) is 5.71 Å². The van der Waals surface area contributed by atoms with Crippen LogP contribution < -0.4 is 0 Å². The summed E-state index contributed by atoms with van der Waals surface area (Å²) in [6, 6.07) is 0. The fourth-order valence-corrected chi connectivity index (χ4v) is 1.09. The Morgan fingerprint density at radius 1 is 1.67 bits per heavy atom. The van der Waals surface area contributed by atoms with Crippen LogP contribution in [-0.2, 0) is 0 Å². The van der Waals surface area contributed by atoms with Crippen LogP contribution in [0, 0.1) is 0 Å². The van der Waals surface area contributed by atoms with Crippen molar-refractivity contribution < 1.29 is 4.42 Å². The lowest BCUT2D eigenvalue weighted by Gasteiger charge is -1.74. The zero-order valence-corrected chi connectivity index (χ0v) is 6.00. The Labute approximate surface area is 59.4 Å². The van der Waals surface area contributed by atoms with Gasteiger partial charge in [0.15, 0.2) is 4.60 Å². The van der Waals surface area contributed by atoms with E-state index in [9.17, 15) is 0 Å². The Morgan fingerprint density at radius 2 is 2.56 bits per heavy atom. The Morgan fingerprint density at radius 3 is 3.33 bits per heavy atom. The summed E-state index contributed by atoms with van der Waals surface area (Å²) in [5.74, 6) is 0. The second-order valence-electron chi connectivity index (χ2n) is 1.65. The van der Waals surface area contributed by atoms with Crippen LogP contribution in [0.2, 0.25) is 0 Å². The van der Waals surface area contributed by atoms with Crippen molar-refractivity contribution >= 4 is 21.6 Å². The van der Waals surface area contributed by atoms with Gasteiger partial charge < -0.3 is 4.42 Å². The number of imidazole rings is 1. The third kappa shape index (κ3) is 0.595. The van der Waals surface area contributed by atoms with Crippen LogP contribution in [-0.4, -0.2) is 9.38 Å². The summed E-state index contributed by atoms with van der Waals surface area (Å²) in [6.45, 7) is 0. The highest BCUT2D eigenvalue weighted by molar-refractivity contribution is 9.10. The summed E-state index contributed by atoms with van der Waals surface area (Å²) < 4.78 is 7.58. The number of aromatic nitrogens is 2. The predicted octanol–water partition coefficient (Wildman–Crippen LogP) is 1.69. The van der Waals surface area contributed by atoms with Gasteiger partial charge in [0.05, 0.1) is 0 Å². The first-order chi connectivity index (χ1) is 4.38. The van der Waals surface area contributed by atoms with Crippen molar-refractivity contribution in [3.63, 3.8) is 0 Å². The monoisotopic (exact) mass is 186 g/mol. The number of nitrogens with zero attached hydrogens (tertiary/aromatic N) is 2. The van der Waals surface area contributed by atoms with Crippen molar-refractivity contribution in [2.24, 2.45) is 0 Å². The molecule has 0 amide bonds. The van der Waals surface area contributed by atoms with Gasteiger partial charge in [-0.2, -0.15) is 0 Å². The summed E-state index contributed by atoms with van der Waals surface area (Å²) in [4.78, 5) is 3.94. The zero-order valence-electron chi connectivity index (χ0n) is 4.41. The summed E-state index contributed by atoms with van der Waals surface area (Å²) in [7, 11) is 0. The molecule has 0 spiro atoms. The molecule has 0 unspecified atom stereocenters. The van der Waals surface area contributed by atoms with Gasteiger partial charge in [0, 0.05) is 6.20 Å². The molecule has 0 aliphatic heterocycles. The normalized spacial score (nSPS) is 10.8. The highest BCUT2D eigenvalue weighted by Gasteiger charge is 2.00. The smallest absolute Gasteiger partial charge is 0.238 e. The Kier molecular flexibility index (Phi) is 0.900. The first-order valence-corrected chi connectivity index (χ1v) is 3.23. The number of rotatable bonds is 0. The minimum atomic E-state index is 0.743. The van der Waals surface area contributed by atoms with Crippen LogP contribution in [0.1, 0.15) is 0 Å². The van der Waals surface area contributed by atoms with Gasteiger partial charge in [-0.25, -0.2) is 4.98 Å². The van der Waals surface area contributed by atoms with Crippen LogP contribution in [0.15, 0.2) is 27.8 Å². The number of hydrogen-bond donors (Lipinski definition) is 0. The predicted molar refractivity (Wildman–Crippen MR) is 35.2 cm³/mol. The number of fused-ring (bicyclic) bond motifs is 1. The third-order valence-corrected chi connectivity index (χ3v) is 1.65. The summed E-state index contributed by atoms with van der Waals surface area (Å²) in [5.41, 5.74) is 0.745. The first-order valence-electron chi connectivity index (χ1n) is 2.43. The second kappa shape index (κ2) is 1.60. The van der Waals surface area contributed by atoms with Gasteiger partial charge >= 0.3 is 0 Å². The van der Waals surface area contributed by atoms with Gasteiger partial charge in [-0.05, 0) is 15.9 Å². The molecule has 2 aromatic heterocycles. The average molecular weight is 187 g/mol. The van der Waals surface area contributed by atoms with E-state index in [0.29, 0.717) is 0 Å². The van der Waals surface area contributed by atoms with E-state index < -0.39 is 0 Å². The molecule has 0 saturated heterocycles. The lowest BCUT2D eigenvalue weighted by molar-refractivity contribution is 0.606. The Hall–Kier alpha value is -0.770. The lowest BCUT2D eigenvalue weighted by Crippen LogP contribution is -1.66. The molecule has 2 rings (SSSR count). The zero-order chi connectivity index (χ0) is 6.27. The first kappa shape index (κ1) is 5.05. The quantitative estimate of drug-likeness (QED) is 0.628. The van der Waals surface area contributed by atoms with Crippen molar-refractivity contribution in [2.45, 2.75) is 0 Å². The molecular weight excluding hydrogens is 184 g/mol. The van der Waals surface area contributed by atoms with Crippen molar-refractivity contribution in [3.8, 4) is 0 Å². The van der Waals surface area contributed by atoms with E-state index in [4.69, 9.17) is 4.42 Å². The third-order valence-electron chi connectivity index (χ3n) is 1.11. The van der Waals surface area contributed by atoms with E-state index in [0.717, 1.165) is 10.3 Å². The topological polar surface area (TPSA) is 30.4 Å². The second-order valence-corrected chi connectivity index (χ2v) is 2.40. The van der Waals surface area contributed by atoms with Crippen LogP contribution in [0.3, 0.4) is 0 Å². The van der Waals surface area contributed by atoms with Crippen molar-refractivity contribution in [3.05, 3.63) is 23.4 Å². The molecule has 0 radical (unpaired) electrons. The van der Waals surface area contributed by atoms with E-state index in [1.165, 1.54) is 0 Å². The standard InChI is InChI=1S/C5H3BrN2O/c6-4-5-8(3-7-4)1-2-9-5/h1-3H. The van der Waals surface area contributed by atoms with Crippen LogP contribution in [0.5, 0.6) is 0 Å². The number of hydrogen-bond acceptors (Lipinski definition) is 2. The number of halogens is 1. The van der Waals surface area contributed by atoms with Gasteiger partial charge in [0.25, 0.3) is 0 Å². The average Bonchev–Trinajstić information content (AvgIpc) is 2.35. The molecule has 9 heavy (non-hydrogen) atoms. The molecule has 2 heterocycles. The maximum absolute atomic E-state index is 5.04.